The van der Waals surface area contributed by atoms with E-state index in [1.165, 1.54) is 18.3 Å². The van der Waals surface area contributed by atoms with Crippen LogP contribution in [0.4, 0.5) is 17.1 Å². The lowest BCUT2D eigenvalue weighted by molar-refractivity contribution is -0.394. The molecule has 3 aromatic rings. The van der Waals surface area contributed by atoms with Crippen molar-refractivity contribution in [1.29, 1.82) is 0 Å². The molecule has 0 saturated carbocycles. The van der Waals surface area contributed by atoms with Gasteiger partial charge in [0, 0.05) is 11.8 Å². The molecule has 0 saturated heterocycles. The van der Waals surface area contributed by atoms with Crippen LogP contribution in [0.2, 0.25) is 0 Å². The lowest BCUT2D eigenvalue weighted by Gasteiger charge is -2.07. The first-order valence-electron chi connectivity index (χ1n) is 10.1. The summed E-state index contributed by atoms with van der Waals surface area (Å²) in [6.45, 7) is 3.74. The molecule has 178 valence electrons. The van der Waals surface area contributed by atoms with E-state index >= 15 is 0 Å². The van der Waals surface area contributed by atoms with Gasteiger partial charge in [-0.2, -0.15) is 5.10 Å². The highest BCUT2D eigenvalue weighted by Crippen LogP contribution is 2.34. The number of carbonyl (C=O) groups is 2. The molecular formula is C23H19N5O7. The van der Waals surface area contributed by atoms with Gasteiger partial charge in [-0.25, -0.2) is 5.43 Å². The summed E-state index contributed by atoms with van der Waals surface area (Å²) in [5.74, 6) is -1.76. The molecule has 35 heavy (non-hydrogen) atoms. The second-order valence-electron chi connectivity index (χ2n) is 7.37. The molecule has 0 aliphatic carbocycles. The summed E-state index contributed by atoms with van der Waals surface area (Å²) in [5.41, 5.74) is 4.05. The Morgan fingerprint density at radius 1 is 0.886 bits per heavy atom. The van der Waals surface area contributed by atoms with Crippen LogP contribution in [0, 0.1) is 34.1 Å². The van der Waals surface area contributed by atoms with Gasteiger partial charge >= 0.3 is 17.5 Å². The van der Waals surface area contributed by atoms with Gasteiger partial charge in [0.05, 0.1) is 22.1 Å². The predicted molar refractivity (Wildman–Crippen MR) is 127 cm³/mol. The van der Waals surface area contributed by atoms with Crippen molar-refractivity contribution in [1.82, 2.24) is 5.43 Å². The molecule has 0 aliphatic rings. The maximum atomic E-state index is 12.0. The van der Waals surface area contributed by atoms with Gasteiger partial charge < -0.3 is 10.1 Å². The smallest absolute Gasteiger partial charge is 0.329 e. The van der Waals surface area contributed by atoms with E-state index < -0.39 is 33.0 Å². The first-order valence-corrected chi connectivity index (χ1v) is 10.1. The third-order valence-corrected chi connectivity index (χ3v) is 4.52. The highest BCUT2D eigenvalue weighted by molar-refractivity contribution is 6.39. The Balaban J connectivity index is 1.60. The maximum absolute atomic E-state index is 12.0. The van der Waals surface area contributed by atoms with E-state index in [1.807, 2.05) is 19.9 Å². The minimum absolute atomic E-state index is 0.163. The molecule has 0 fully saturated rings. The number of ether oxygens (including phenoxy) is 1. The average Bonchev–Trinajstić information content (AvgIpc) is 2.79. The third-order valence-electron chi connectivity index (χ3n) is 4.52. The van der Waals surface area contributed by atoms with Crippen molar-refractivity contribution < 1.29 is 24.2 Å². The van der Waals surface area contributed by atoms with Crippen LogP contribution in [-0.4, -0.2) is 27.9 Å². The molecule has 0 bridgehead atoms. The Morgan fingerprint density at radius 2 is 1.54 bits per heavy atom. The number of non-ortho nitro benzene ring substituents is 1. The quantitative estimate of drug-likeness (QED) is 0.224. The minimum Gasteiger partial charge on any atom is -0.450 e. The molecule has 12 nitrogen and oxygen atoms in total. The number of hydrazone groups is 1. The van der Waals surface area contributed by atoms with Crippen molar-refractivity contribution in [2.24, 2.45) is 5.10 Å². The normalized spacial score (nSPS) is 10.6. The Bertz CT molecular complexity index is 1320. The highest BCUT2D eigenvalue weighted by Gasteiger charge is 2.21. The van der Waals surface area contributed by atoms with Gasteiger partial charge in [-0.05, 0) is 73.0 Å². The molecule has 0 unspecified atom stereocenters. The molecule has 0 aromatic heterocycles. The first kappa shape index (κ1) is 24.5. The highest BCUT2D eigenvalue weighted by atomic mass is 16.6. The molecule has 0 atom stereocenters. The number of nitro benzene ring substituents is 2. The standard InChI is InChI=1S/C23H19N5O7/c1-14-9-15(2)11-17(10-14)25-22(29)23(30)26-24-13-16-3-6-19(7-4-16)35-21-8-5-18(27(31)32)12-20(21)28(33)34/h3-13H,1-2H3,(H,25,29)(H,26,30)/b24-13+. The van der Waals surface area contributed by atoms with Crippen LogP contribution in [0.3, 0.4) is 0 Å². The number of nitrogens with one attached hydrogen (secondary N) is 2. The Hall–Kier alpha value is -5.13. The molecule has 0 aliphatic heterocycles. The number of benzene rings is 3. The van der Waals surface area contributed by atoms with Crippen LogP contribution in [0.5, 0.6) is 11.5 Å². The molecule has 12 heteroatoms. The van der Waals surface area contributed by atoms with Gasteiger partial charge in [0.2, 0.25) is 5.75 Å². The van der Waals surface area contributed by atoms with E-state index in [1.54, 1.807) is 24.3 Å². The van der Waals surface area contributed by atoms with E-state index in [0.717, 1.165) is 29.3 Å². The zero-order chi connectivity index (χ0) is 25.5. The number of hydrogen-bond donors (Lipinski definition) is 2. The maximum Gasteiger partial charge on any atom is 0.329 e. The molecule has 0 radical (unpaired) electrons. The van der Waals surface area contributed by atoms with Gasteiger partial charge in [0.15, 0.2) is 0 Å². The van der Waals surface area contributed by atoms with Crippen LogP contribution >= 0.6 is 0 Å². The zero-order valence-electron chi connectivity index (χ0n) is 18.6. The molecular weight excluding hydrogens is 458 g/mol. The van der Waals surface area contributed by atoms with Crippen LogP contribution in [-0.2, 0) is 9.59 Å². The van der Waals surface area contributed by atoms with Gasteiger partial charge in [0.25, 0.3) is 5.69 Å². The molecule has 0 heterocycles. The lowest BCUT2D eigenvalue weighted by Crippen LogP contribution is -2.32. The van der Waals surface area contributed by atoms with Gasteiger partial charge in [-0.3, -0.25) is 29.8 Å². The summed E-state index contributed by atoms with van der Waals surface area (Å²) in [6, 6.07) is 14.5. The summed E-state index contributed by atoms with van der Waals surface area (Å²) in [6.07, 6.45) is 1.29. The number of hydrogen-bond acceptors (Lipinski definition) is 8. The Kier molecular flexibility index (Phi) is 7.46. The van der Waals surface area contributed by atoms with Crippen LogP contribution < -0.4 is 15.5 Å². The summed E-state index contributed by atoms with van der Waals surface area (Å²) in [5, 5.41) is 28.3. The van der Waals surface area contributed by atoms with Gasteiger partial charge in [-0.1, -0.05) is 6.07 Å². The number of nitro groups is 2. The fourth-order valence-corrected chi connectivity index (χ4v) is 3.05. The Morgan fingerprint density at radius 3 is 2.14 bits per heavy atom. The number of anilines is 1. The van der Waals surface area contributed by atoms with Crippen LogP contribution in [0.15, 0.2) is 65.8 Å². The lowest BCUT2D eigenvalue weighted by atomic mass is 10.1. The van der Waals surface area contributed by atoms with E-state index in [-0.39, 0.29) is 11.5 Å². The molecule has 2 amide bonds. The van der Waals surface area contributed by atoms with Crippen molar-refractivity contribution in [3.8, 4) is 11.5 Å². The van der Waals surface area contributed by atoms with Gasteiger partial charge in [0.1, 0.15) is 5.75 Å². The number of rotatable bonds is 7. The number of carbonyl (C=O) groups excluding carboxylic acids is 2. The Labute approximate surface area is 198 Å². The summed E-state index contributed by atoms with van der Waals surface area (Å²) < 4.78 is 5.48. The van der Waals surface area contributed by atoms with Crippen molar-refractivity contribution in [2.75, 3.05) is 5.32 Å². The van der Waals surface area contributed by atoms with E-state index in [0.29, 0.717) is 11.3 Å². The van der Waals surface area contributed by atoms with Crippen molar-refractivity contribution >= 4 is 35.1 Å². The second kappa shape index (κ2) is 10.7. The summed E-state index contributed by atoms with van der Waals surface area (Å²) in [7, 11) is 0. The van der Waals surface area contributed by atoms with E-state index in [9.17, 15) is 29.8 Å². The fraction of sp³-hybridized carbons (Fsp3) is 0.0870. The number of amides is 2. The monoisotopic (exact) mass is 477 g/mol. The molecule has 3 aromatic carbocycles. The largest absolute Gasteiger partial charge is 0.450 e. The van der Waals surface area contributed by atoms with Crippen molar-refractivity contribution in [3.63, 3.8) is 0 Å². The number of nitrogens with zero attached hydrogens (tertiary/aromatic N) is 3. The first-order chi connectivity index (χ1) is 16.6. The second-order valence-corrected chi connectivity index (χ2v) is 7.37. The molecule has 3 rings (SSSR count). The summed E-state index contributed by atoms with van der Waals surface area (Å²) in [4.78, 5) is 44.5. The SMILES string of the molecule is Cc1cc(C)cc(NC(=O)C(=O)N/N=C/c2ccc(Oc3ccc([N+](=O)[O-])cc3[N+](=O)[O-])cc2)c1. The molecule has 0 spiro atoms. The topological polar surface area (TPSA) is 166 Å². The summed E-state index contributed by atoms with van der Waals surface area (Å²) >= 11 is 0. The predicted octanol–water partition coefficient (Wildman–Crippen LogP) is 4.00. The van der Waals surface area contributed by atoms with E-state index in [2.05, 4.69) is 15.8 Å². The van der Waals surface area contributed by atoms with Crippen molar-refractivity contribution in [3.05, 3.63) is 97.6 Å². The van der Waals surface area contributed by atoms with Crippen molar-refractivity contribution in [2.45, 2.75) is 13.8 Å². The molecule has 2 N–H and O–H groups in total. The van der Waals surface area contributed by atoms with Gasteiger partial charge in [-0.15, -0.1) is 0 Å². The van der Waals surface area contributed by atoms with E-state index in [4.69, 9.17) is 4.74 Å². The fourth-order valence-electron chi connectivity index (χ4n) is 3.05. The zero-order valence-corrected chi connectivity index (χ0v) is 18.6. The van der Waals surface area contributed by atoms with Crippen LogP contribution in [0.25, 0.3) is 0 Å². The minimum atomic E-state index is -0.953. The average molecular weight is 477 g/mol. The third kappa shape index (κ3) is 6.68. The van der Waals surface area contributed by atoms with Crippen LogP contribution in [0.1, 0.15) is 16.7 Å². The number of aryl methyl sites for hydroxylation is 2.